The van der Waals surface area contributed by atoms with Crippen LogP contribution in [0.25, 0.3) is 5.69 Å². The molecule has 0 atom stereocenters. The third-order valence-corrected chi connectivity index (χ3v) is 5.53. The maximum Gasteiger partial charge on any atom is 0.271 e. The first-order valence-electron chi connectivity index (χ1n) is 10.2. The largest absolute Gasteiger partial charge is 0.467 e. The van der Waals surface area contributed by atoms with Gasteiger partial charge in [-0.25, -0.2) is 0 Å². The van der Waals surface area contributed by atoms with Crippen LogP contribution in [0.2, 0.25) is 0 Å². The highest BCUT2D eigenvalue weighted by Crippen LogP contribution is 2.27. The summed E-state index contributed by atoms with van der Waals surface area (Å²) in [5.41, 5.74) is 5.99. The number of benzene rings is 2. The lowest BCUT2D eigenvalue weighted by atomic mass is 9.90. The summed E-state index contributed by atoms with van der Waals surface area (Å²) in [7, 11) is 0. The highest BCUT2D eigenvalue weighted by Gasteiger charge is 2.15. The van der Waals surface area contributed by atoms with Crippen LogP contribution in [0.4, 0.5) is 5.69 Å². The molecule has 3 aromatic rings. The van der Waals surface area contributed by atoms with Gasteiger partial charge in [0.1, 0.15) is 0 Å². The molecule has 6 nitrogen and oxygen atoms in total. The zero-order valence-corrected chi connectivity index (χ0v) is 17.3. The minimum atomic E-state index is -0.258. The molecule has 30 heavy (non-hydrogen) atoms. The Balaban J connectivity index is 1.46. The standard InChI is InChI=1S/C24H25N3O3/c1-16-10-11-19(14-17(16)2)27-24(29)13-12-23(26-27)30-15-22(28)25-21-9-5-7-18-6-3-4-8-20(18)21/h5,7,9-14H,3-4,6,8,15H2,1-2H3,(H,25,28). The van der Waals surface area contributed by atoms with Gasteiger partial charge in [-0.05, 0) is 80.0 Å². The molecule has 2 aromatic carbocycles. The molecular weight excluding hydrogens is 378 g/mol. The number of nitrogens with one attached hydrogen (secondary N) is 1. The SMILES string of the molecule is Cc1ccc(-n2nc(OCC(=O)Nc3cccc4c3CCCC4)ccc2=O)cc1C. The van der Waals surface area contributed by atoms with E-state index in [-0.39, 0.29) is 24.0 Å². The van der Waals surface area contributed by atoms with Gasteiger partial charge in [-0.2, -0.15) is 4.68 Å². The average molecular weight is 403 g/mol. The van der Waals surface area contributed by atoms with E-state index in [2.05, 4.69) is 16.5 Å². The third kappa shape index (κ3) is 4.27. The summed E-state index contributed by atoms with van der Waals surface area (Å²) in [6, 6.07) is 14.6. The Kier molecular flexibility index (Phi) is 5.65. The van der Waals surface area contributed by atoms with Gasteiger partial charge >= 0.3 is 0 Å². The van der Waals surface area contributed by atoms with Crippen LogP contribution < -0.4 is 15.6 Å². The highest BCUT2D eigenvalue weighted by molar-refractivity contribution is 5.92. The summed E-state index contributed by atoms with van der Waals surface area (Å²) in [5, 5.41) is 7.22. The second-order valence-electron chi connectivity index (χ2n) is 7.68. The lowest BCUT2D eigenvalue weighted by molar-refractivity contribution is -0.118. The molecule has 0 aliphatic heterocycles. The van der Waals surface area contributed by atoms with Gasteiger partial charge in [0.25, 0.3) is 11.5 Å². The summed E-state index contributed by atoms with van der Waals surface area (Å²) in [4.78, 5) is 24.7. The van der Waals surface area contributed by atoms with Crippen LogP contribution in [-0.2, 0) is 17.6 Å². The first-order valence-corrected chi connectivity index (χ1v) is 10.2. The Hall–Kier alpha value is -3.41. The molecule has 0 unspecified atom stereocenters. The summed E-state index contributed by atoms with van der Waals surface area (Å²) < 4.78 is 6.86. The molecule has 0 saturated heterocycles. The summed E-state index contributed by atoms with van der Waals surface area (Å²) in [6.45, 7) is 3.82. The van der Waals surface area contributed by atoms with E-state index < -0.39 is 0 Å². The summed E-state index contributed by atoms with van der Waals surface area (Å²) in [5.74, 6) is -0.0298. The number of rotatable bonds is 5. The summed E-state index contributed by atoms with van der Waals surface area (Å²) >= 11 is 0. The first-order chi connectivity index (χ1) is 14.5. The number of ether oxygens (including phenoxy) is 1. The molecule has 6 heteroatoms. The van der Waals surface area contributed by atoms with E-state index in [9.17, 15) is 9.59 Å². The number of nitrogens with zero attached hydrogens (tertiary/aromatic N) is 2. The highest BCUT2D eigenvalue weighted by atomic mass is 16.5. The van der Waals surface area contributed by atoms with Gasteiger partial charge in [-0.15, -0.1) is 5.10 Å². The van der Waals surface area contributed by atoms with Crippen LogP contribution in [0.15, 0.2) is 53.3 Å². The molecular formula is C24H25N3O3. The predicted molar refractivity (Wildman–Crippen MR) is 117 cm³/mol. The number of amides is 1. The van der Waals surface area contributed by atoms with E-state index >= 15 is 0 Å². The van der Waals surface area contributed by atoms with E-state index in [0.717, 1.165) is 36.1 Å². The van der Waals surface area contributed by atoms with Crippen LogP contribution in [0.1, 0.15) is 35.1 Å². The smallest absolute Gasteiger partial charge is 0.271 e. The molecule has 1 aliphatic rings. The van der Waals surface area contributed by atoms with E-state index in [0.29, 0.717) is 5.69 Å². The van der Waals surface area contributed by atoms with Crippen LogP contribution in [0.5, 0.6) is 5.88 Å². The average Bonchev–Trinajstić information content (AvgIpc) is 2.75. The molecule has 0 fully saturated rings. The van der Waals surface area contributed by atoms with Crippen molar-refractivity contribution in [3.8, 4) is 11.6 Å². The van der Waals surface area contributed by atoms with Crippen molar-refractivity contribution in [2.45, 2.75) is 39.5 Å². The lowest BCUT2D eigenvalue weighted by Gasteiger charge is -2.19. The molecule has 0 radical (unpaired) electrons. The second kappa shape index (κ2) is 8.53. The van der Waals surface area contributed by atoms with Crippen molar-refractivity contribution in [1.82, 2.24) is 9.78 Å². The Labute approximate surface area is 175 Å². The van der Waals surface area contributed by atoms with Crippen molar-refractivity contribution in [1.29, 1.82) is 0 Å². The van der Waals surface area contributed by atoms with Crippen LogP contribution in [-0.4, -0.2) is 22.3 Å². The van der Waals surface area contributed by atoms with E-state index in [1.165, 1.54) is 34.4 Å². The maximum atomic E-state index is 12.4. The molecule has 1 heterocycles. The number of fused-ring (bicyclic) bond motifs is 1. The number of hydrogen-bond donors (Lipinski definition) is 1. The van der Waals surface area contributed by atoms with Gasteiger partial charge < -0.3 is 10.1 Å². The Morgan fingerprint density at radius 2 is 1.90 bits per heavy atom. The fourth-order valence-corrected chi connectivity index (χ4v) is 3.74. The van der Waals surface area contributed by atoms with Crippen molar-refractivity contribution < 1.29 is 9.53 Å². The molecule has 0 bridgehead atoms. The minimum Gasteiger partial charge on any atom is -0.467 e. The lowest BCUT2D eigenvalue weighted by Crippen LogP contribution is -2.24. The zero-order valence-electron chi connectivity index (χ0n) is 17.3. The molecule has 1 N–H and O–H groups in total. The molecule has 0 spiro atoms. The van der Waals surface area contributed by atoms with Crippen molar-refractivity contribution >= 4 is 11.6 Å². The number of carbonyl (C=O) groups excluding carboxylic acids is 1. The minimum absolute atomic E-state index is 0.179. The van der Waals surface area contributed by atoms with E-state index in [1.807, 2.05) is 44.2 Å². The van der Waals surface area contributed by atoms with Gasteiger partial charge in [-0.1, -0.05) is 18.2 Å². The van der Waals surface area contributed by atoms with E-state index in [4.69, 9.17) is 4.74 Å². The van der Waals surface area contributed by atoms with Crippen molar-refractivity contribution in [3.63, 3.8) is 0 Å². The van der Waals surface area contributed by atoms with Gasteiger partial charge in [0.15, 0.2) is 6.61 Å². The number of aromatic nitrogens is 2. The number of anilines is 1. The van der Waals surface area contributed by atoms with Gasteiger partial charge in [0, 0.05) is 17.8 Å². The maximum absolute atomic E-state index is 12.4. The fraction of sp³-hybridized carbons (Fsp3) is 0.292. The number of carbonyl (C=O) groups is 1. The molecule has 0 saturated carbocycles. The number of hydrogen-bond acceptors (Lipinski definition) is 4. The zero-order chi connectivity index (χ0) is 21.1. The third-order valence-electron chi connectivity index (χ3n) is 5.53. The molecule has 1 amide bonds. The van der Waals surface area contributed by atoms with Gasteiger partial charge in [0.2, 0.25) is 5.88 Å². The van der Waals surface area contributed by atoms with Crippen molar-refractivity contribution in [2.24, 2.45) is 0 Å². The van der Waals surface area contributed by atoms with Crippen molar-refractivity contribution in [2.75, 3.05) is 11.9 Å². The normalized spacial score (nSPS) is 12.9. The van der Waals surface area contributed by atoms with Crippen LogP contribution in [0, 0.1) is 13.8 Å². The first kappa shape index (κ1) is 19.9. The molecule has 4 rings (SSSR count). The molecule has 1 aromatic heterocycles. The Morgan fingerprint density at radius 1 is 1.07 bits per heavy atom. The van der Waals surface area contributed by atoms with Crippen LogP contribution in [0.3, 0.4) is 0 Å². The summed E-state index contributed by atoms with van der Waals surface area (Å²) in [6.07, 6.45) is 4.37. The Bertz CT molecular complexity index is 1150. The second-order valence-corrected chi connectivity index (χ2v) is 7.68. The molecule has 1 aliphatic carbocycles. The van der Waals surface area contributed by atoms with Gasteiger partial charge in [0.05, 0.1) is 5.69 Å². The van der Waals surface area contributed by atoms with Crippen LogP contribution >= 0.6 is 0 Å². The van der Waals surface area contributed by atoms with Crippen molar-refractivity contribution in [3.05, 3.63) is 81.1 Å². The molecule has 154 valence electrons. The fourth-order valence-electron chi connectivity index (χ4n) is 3.74. The monoisotopic (exact) mass is 403 g/mol. The number of aryl methyl sites for hydroxylation is 3. The quantitative estimate of drug-likeness (QED) is 0.704. The van der Waals surface area contributed by atoms with Gasteiger partial charge in [-0.3, -0.25) is 9.59 Å². The van der Waals surface area contributed by atoms with E-state index in [1.54, 1.807) is 0 Å². The predicted octanol–water partition coefficient (Wildman–Crippen LogP) is 3.75. The Morgan fingerprint density at radius 3 is 2.73 bits per heavy atom. The topological polar surface area (TPSA) is 73.2 Å².